The van der Waals surface area contributed by atoms with Crippen molar-refractivity contribution in [1.29, 1.82) is 0 Å². The van der Waals surface area contributed by atoms with Gasteiger partial charge in [-0.3, -0.25) is 19.1 Å². The molecule has 0 radical (unpaired) electrons. The van der Waals surface area contributed by atoms with Gasteiger partial charge in [0.05, 0.1) is 5.52 Å². The van der Waals surface area contributed by atoms with Crippen molar-refractivity contribution < 1.29 is 18.7 Å². The lowest BCUT2D eigenvalue weighted by atomic mass is 9.99. The van der Waals surface area contributed by atoms with Gasteiger partial charge in [-0.2, -0.15) is 0 Å². The van der Waals surface area contributed by atoms with Gasteiger partial charge in [0.25, 0.3) is 5.91 Å². The molecule has 2 aromatic carbocycles. The second-order valence-corrected chi connectivity index (χ2v) is 8.15. The Morgan fingerprint density at radius 2 is 1.77 bits per heavy atom. The van der Waals surface area contributed by atoms with Crippen molar-refractivity contribution in [3.8, 4) is 0 Å². The molecule has 5 nitrogen and oxygen atoms in total. The van der Waals surface area contributed by atoms with Crippen molar-refractivity contribution in [2.45, 2.75) is 44.1 Å². The minimum atomic E-state index is -0.755. The molecule has 1 unspecified atom stereocenters. The van der Waals surface area contributed by atoms with Crippen molar-refractivity contribution in [2.24, 2.45) is 4.99 Å². The van der Waals surface area contributed by atoms with Gasteiger partial charge in [0.15, 0.2) is 0 Å². The highest BCUT2D eigenvalue weighted by Crippen LogP contribution is 2.35. The third-order valence-corrected chi connectivity index (χ3v) is 6.19. The minimum absolute atomic E-state index is 0.0711. The quantitative estimate of drug-likeness (QED) is 0.581. The van der Waals surface area contributed by atoms with Crippen molar-refractivity contribution in [3.63, 3.8) is 0 Å². The number of nitrogens with zero attached hydrogens (tertiary/aromatic N) is 2. The van der Waals surface area contributed by atoms with Crippen LogP contribution < -0.4 is 0 Å². The maximum Gasteiger partial charge on any atom is 0.320 e. The van der Waals surface area contributed by atoms with E-state index in [1.54, 1.807) is 10.8 Å². The Morgan fingerprint density at radius 3 is 2.55 bits per heavy atom. The Labute approximate surface area is 179 Å². The summed E-state index contributed by atoms with van der Waals surface area (Å²) in [7, 11) is 0. The van der Waals surface area contributed by atoms with E-state index in [1.165, 1.54) is 24.3 Å². The number of halogens is 1. The van der Waals surface area contributed by atoms with Crippen LogP contribution in [0, 0.1) is 5.82 Å². The van der Waals surface area contributed by atoms with Crippen LogP contribution in [0.5, 0.6) is 0 Å². The van der Waals surface area contributed by atoms with Crippen LogP contribution in [-0.4, -0.2) is 35.3 Å². The zero-order chi connectivity index (χ0) is 21.4. The minimum Gasteiger partial charge on any atom is -0.462 e. The molecule has 3 aromatic rings. The molecular weight excluding hydrogens is 395 g/mol. The highest BCUT2D eigenvalue weighted by atomic mass is 19.1. The largest absolute Gasteiger partial charge is 0.462 e. The number of fused-ring (bicyclic) bond motifs is 3. The molecule has 158 valence electrons. The Balaban J connectivity index is 1.66. The van der Waals surface area contributed by atoms with Crippen LogP contribution in [0.1, 0.15) is 53.2 Å². The molecule has 2 heterocycles. The van der Waals surface area contributed by atoms with E-state index in [9.17, 15) is 14.0 Å². The lowest BCUT2D eigenvalue weighted by Gasteiger charge is -2.19. The van der Waals surface area contributed by atoms with E-state index in [4.69, 9.17) is 4.74 Å². The second-order valence-electron chi connectivity index (χ2n) is 8.15. The number of hydrogen-bond donors (Lipinski definition) is 0. The molecule has 1 aliphatic heterocycles. The Bertz CT molecular complexity index is 1170. The molecule has 0 N–H and O–H groups in total. The summed E-state index contributed by atoms with van der Waals surface area (Å²) in [5.74, 6) is -1.83. The number of aliphatic imine (C=N–C) groups is 1. The third kappa shape index (κ3) is 3.56. The predicted octanol–water partition coefficient (Wildman–Crippen LogP) is 4.67. The van der Waals surface area contributed by atoms with Gasteiger partial charge in [0, 0.05) is 29.4 Å². The highest BCUT2D eigenvalue weighted by Gasteiger charge is 2.34. The van der Waals surface area contributed by atoms with Gasteiger partial charge in [0.2, 0.25) is 0 Å². The fraction of sp³-hybridized carbons (Fsp3) is 0.320. The lowest BCUT2D eigenvalue weighted by Crippen LogP contribution is -2.26. The monoisotopic (exact) mass is 418 g/mol. The van der Waals surface area contributed by atoms with Crippen molar-refractivity contribution in [1.82, 2.24) is 4.57 Å². The maximum absolute atomic E-state index is 13.6. The summed E-state index contributed by atoms with van der Waals surface area (Å²) in [6.07, 6.45) is 6.05. The summed E-state index contributed by atoms with van der Waals surface area (Å²) < 4.78 is 20.8. The van der Waals surface area contributed by atoms with Crippen LogP contribution in [0.25, 0.3) is 10.9 Å². The number of para-hydroxylation sites is 1. The summed E-state index contributed by atoms with van der Waals surface area (Å²) >= 11 is 0. The number of rotatable bonds is 3. The Kier molecular flexibility index (Phi) is 5.14. The summed E-state index contributed by atoms with van der Waals surface area (Å²) in [6.45, 7) is 0.541. The molecule has 0 spiro atoms. The molecule has 2 aliphatic rings. The smallest absolute Gasteiger partial charge is 0.320 e. The standard InChI is InChI=1S/C25H23FN2O3/c26-17-11-9-16(10-12-17)24(29)28-22-8-4-3-7-19(22)20-13-14-27-15-21(23(20)28)25(30)31-18-5-1-2-6-18/h3-4,7-12,15,18,21H,1-2,5-6,13-14H2. The number of carbonyl (C=O) groups is 2. The van der Waals surface area contributed by atoms with Crippen molar-refractivity contribution in [2.75, 3.05) is 6.54 Å². The van der Waals surface area contributed by atoms with Gasteiger partial charge in [-0.15, -0.1) is 0 Å². The first-order valence-electron chi connectivity index (χ1n) is 10.8. The zero-order valence-corrected chi connectivity index (χ0v) is 17.1. The topological polar surface area (TPSA) is 60.7 Å². The number of hydrogen-bond acceptors (Lipinski definition) is 4. The van der Waals surface area contributed by atoms with Gasteiger partial charge < -0.3 is 4.74 Å². The van der Waals surface area contributed by atoms with Crippen LogP contribution in [0.4, 0.5) is 4.39 Å². The number of ether oxygens (including phenoxy) is 1. The van der Waals surface area contributed by atoms with Gasteiger partial charge >= 0.3 is 5.97 Å². The Hall–Kier alpha value is -3.28. The Morgan fingerprint density at radius 1 is 1.03 bits per heavy atom. The molecule has 5 rings (SSSR count). The SMILES string of the molecule is O=C(OC1CCCC1)C1C=NCCc2c1n(C(=O)c1ccc(F)cc1)c1ccccc21. The number of carbonyl (C=O) groups excluding carboxylic acids is 2. The molecular formula is C25H23FN2O3. The van der Waals surface area contributed by atoms with Gasteiger partial charge in [-0.25, -0.2) is 4.39 Å². The van der Waals surface area contributed by atoms with Crippen molar-refractivity contribution in [3.05, 3.63) is 71.2 Å². The number of aromatic nitrogens is 1. The van der Waals surface area contributed by atoms with E-state index in [0.29, 0.717) is 24.2 Å². The second kappa shape index (κ2) is 8.10. The predicted molar refractivity (Wildman–Crippen MR) is 116 cm³/mol. The first kappa shape index (κ1) is 19.7. The van der Waals surface area contributed by atoms with E-state index in [-0.39, 0.29) is 18.0 Å². The summed E-state index contributed by atoms with van der Waals surface area (Å²) in [6, 6.07) is 13.1. The fourth-order valence-corrected chi connectivity index (χ4v) is 4.70. The van der Waals surface area contributed by atoms with Crippen molar-refractivity contribution >= 4 is 29.0 Å². The summed E-state index contributed by atoms with van der Waals surface area (Å²) in [4.78, 5) is 31.2. The molecule has 1 aliphatic carbocycles. The van der Waals surface area contributed by atoms with Gasteiger partial charge in [-0.1, -0.05) is 18.2 Å². The lowest BCUT2D eigenvalue weighted by molar-refractivity contribution is -0.148. The number of benzene rings is 2. The van der Waals surface area contributed by atoms with E-state index < -0.39 is 11.7 Å². The average molecular weight is 418 g/mol. The normalized spacial score (nSPS) is 18.7. The van der Waals surface area contributed by atoms with E-state index in [1.807, 2.05) is 24.3 Å². The molecule has 6 heteroatoms. The van der Waals surface area contributed by atoms with Crippen LogP contribution in [0.2, 0.25) is 0 Å². The van der Waals surface area contributed by atoms with Crippen LogP contribution in [0.3, 0.4) is 0 Å². The molecule has 0 saturated heterocycles. The van der Waals surface area contributed by atoms with E-state index >= 15 is 0 Å². The molecule has 1 aromatic heterocycles. The zero-order valence-electron chi connectivity index (χ0n) is 17.1. The van der Waals surface area contributed by atoms with Crippen LogP contribution in [0.15, 0.2) is 53.5 Å². The first-order valence-corrected chi connectivity index (χ1v) is 10.8. The molecule has 0 bridgehead atoms. The van der Waals surface area contributed by atoms with Crippen LogP contribution in [-0.2, 0) is 16.0 Å². The molecule has 1 saturated carbocycles. The van der Waals surface area contributed by atoms with Gasteiger partial charge in [0.1, 0.15) is 17.8 Å². The maximum atomic E-state index is 13.6. The molecule has 31 heavy (non-hydrogen) atoms. The van der Waals surface area contributed by atoms with Gasteiger partial charge in [-0.05, 0) is 68.0 Å². The molecule has 1 atom stereocenters. The first-order chi connectivity index (χ1) is 15.1. The highest BCUT2D eigenvalue weighted by molar-refractivity contribution is 6.07. The summed E-state index contributed by atoms with van der Waals surface area (Å²) in [5.41, 5.74) is 2.64. The third-order valence-electron chi connectivity index (χ3n) is 6.19. The fourth-order valence-electron chi connectivity index (χ4n) is 4.70. The molecule has 0 amide bonds. The number of esters is 1. The van der Waals surface area contributed by atoms with E-state index in [0.717, 1.165) is 42.1 Å². The van der Waals surface area contributed by atoms with E-state index in [2.05, 4.69) is 4.99 Å². The summed E-state index contributed by atoms with van der Waals surface area (Å²) in [5, 5.41) is 0.928. The molecule has 1 fully saturated rings. The average Bonchev–Trinajstić information content (AvgIpc) is 3.33. The van der Waals surface area contributed by atoms with Crippen LogP contribution >= 0.6 is 0 Å².